The molecule has 134 valence electrons. The Hall–Kier alpha value is -3.19. The van der Waals surface area contributed by atoms with Crippen molar-refractivity contribution in [2.24, 2.45) is 0 Å². The summed E-state index contributed by atoms with van der Waals surface area (Å²) in [4.78, 5) is 16.5. The zero-order chi connectivity index (χ0) is 18.4. The molecule has 0 amide bonds. The van der Waals surface area contributed by atoms with Crippen molar-refractivity contribution in [1.29, 1.82) is 0 Å². The van der Waals surface area contributed by atoms with Gasteiger partial charge >= 0.3 is 5.97 Å². The minimum Gasteiger partial charge on any atom is -0.497 e. The predicted molar refractivity (Wildman–Crippen MR) is 92.6 cm³/mol. The van der Waals surface area contributed by atoms with Crippen molar-refractivity contribution >= 4 is 5.97 Å². The van der Waals surface area contributed by atoms with Crippen LogP contribution in [-0.2, 0) is 22.7 Å². The number of hydrogen-bond acceptors (Lipinski definition) is 7. The molecule has 7 heteroatoms. The van der Waals surface area contributed by atoms with Crippen LogP contribution < -0.4 is 4.74 Å². The molecule has 0 saturated heterocycles. The van der Waals surface area contributed by atoms with E-state index in [1.807, 2.05) is 24.3 Å². The standard InChI is InChI=1S/C19H18N2O5/c1-23-11-14-5-3-4-6-16(14)19(22)25-12-17-20-18(26-21-17)13-7-9-15(24-2)10-8-13/h3-10H,11-12H2,1-2H3. The van der Waals surface area contributed by atoms with E-state index in [4.69, 9.17) is 18.7 Å². The average molecular weight is 354 g/mol. The van der Waals surface area contributed by atoms with Crippen LogP contribution in [0.25, 0.3) is 11.5 Å². The van der Waals surface area contributed by atoms with E-state index in [0.717, 1.165) is 16.9 Å². The molecule has 0 N–H and O–H groups in total. The Morgan fingerprint density at radius 3 is 2.54 bits per heavy atom. The highest BCUT2D eigenvalue weighted by Crippen LogP contribution is 2.21. The molecule has 0 aliphatic heterocycles. The van der Waals surface area contributed by atoms with Crippen molar-refractivity contribution in [3.8, 4) is 17.2 Å². The fourth-order valence-electron chi connectivity index (χ4n) is 2.37. The van der Waals surface area contributed by atoms with E-state index in [0.29, 0.717) is 18.1 Å². The zero-order valence-electron chi connectivity index (χ0n) is 14.5. The molecule has 3 aromatic rings. The van der Waals surface area contributed by atoms with Crippen molar-refractivity contribution in [2.75, 3.05) is 14.2 Å². The topological polar surface area (TPSA) is 83.7 Å². The minimum absolute atomic E-state index is 0.0835. The number of ether oxygens (including phenoxy) is 3. The van der Waals surface area contributed by atoms with E-state index >= 15 is 0 Å². The number of carbonyl (C=O) groups is 1. The SMILES string of the molecule is COCc1ccccc1C(=O)OCc1noc(-c2ccc(OC)cc2)n1. The Balaban J connectivity index is 1.65. The van der Waals surface area contributed by atoms with Crippen LogP contribution in [-0.4, -0.2) is 30.3 Å². The Labute approximate surface area is 150 Å². The molecular weight excluding hydrogens is 336 g/mol. The third-order valence-electron chi connectivity index (χ3n) is 3.67. The summed E-state index contributed by atoms with van der Waals surface area (Å²) in [7, 11) is 3.17. The van der Waals surface area contributed by atoms with Gasteiger partial charge in [0, 0.05) is 12.7 Å². The predicted octanol–water partition coefficient (Wildman–Crippen LogP) is 3.25. The van der Waals surface area contributed by atoms with Gasteiger partial charge in [0.25, 0.3) is 5.89 Å². The van der Waals surface area contributed by atoms with E-state index in [2.05, 4.69) is 10.1 Å². The first kappa shape index (κ1) is 17.6. The van der Waals surface area contributed by atoms with Gasteiger partial charge in [-0.2, -0.15) is 4.98 Å². The minimum atomic E-state index is -0.464. The molecule has 1 aromatic heterocycles. The summed E-state index contributed by atoms with van der Waals surface area (Å²) in [6.45, 7) is 0.245. The fraction of sp³-hybridized carbons (Fsp3) is 0.211. The summed E-state index contributed by atoms with van der Waals surface area (Å²) >= 11 is 0. The first-order valence-corrected chi connectivity index (χ1v) is 7.92. The first-order chi connectivity index (χ1) is 12.7. The second-order valence-corrected chi connectivity index (χ2v) is 5.41. The zero-order valence-corrected chi connectivity index (χ0v) is 14.5. The Morgan fingerprint density at radius 1 is 1.04 bits per heavy atom. The number of esters is 1. The monoisotopic (exact) mass is 354 g/mol. The molecule has 26 heavy (non-hydrogen) atoms. The van der Waals surface area contributed by atoms with Gasteiger partial charge in [0.1, 0.15) is 5.75 Å². The third kappa shape index (κ3) is 4.07. The van der Waals surface area contributed by atoms with Crippen molar-refractivity contribution in [2.45, 2.75) is 13.2 Å². The van der Waals surface area contributed by atoms with E-state index in [-0.39, 0.29) is 12.4 Å². The molecule has 0 atom stereocenters. The number of nitrogens with zero attached hydrogens (tertiary/aromatic N) is 2. The van der Waals surface area contributed by atoms with Gasteiger partial charge in [-0.3, -0.25) is 0 Å². The molecule has 0 fully saturated rings. The van der Waals surface area contributed by atoms with Crippen LogP contribution in [0.1, 0.15) is 21.7 Å². The summed E-state index contributed by atoms with van der Waals surface area (Å²) < 4.78 is 20.7. The number of carbonyl (C=O) groups excluding carboxylic acids is 1. The number of benzene rings is 2. The van der Waals surface area contributed by atoms with Gasteiger partial charge in [0.15, 0.2) is 6.61 Å². The maximum Gasteiger partial charge on any atom is 0.338 e. The highest BCUT2D eigenvalue weighted by atomic mass is 16.5. The molecule has 0 bridgehead atoms. The molecule has 0 radical (unpaired) electrons. The highest BCUT2D eigenvalue weighted by Gasteiger charge is 2.15. The second-order valence-electron chi connectivity index (χ2n) is 5.41. The van der Waals surface area contributed by atoms with Gasteiger partial charge in [0.2, 0.25) is 5.82 Å². The summed E-state index contributed by atoms with van der Waals surface area (Å²) in [6, 6.07) is 14.3. The Bertz CT molecular complexity index is 874. The second kappa shape index (κ2) is 8.26. The molecule has 0 spiro atoms. The summed E-state index contributed by atoms with van der Waals surface area (Å²) in [6.07, 6.45) is 0. The normalized spacial score (nSPS) is 10.5. The van der Waals surface area contributed by atoms with Crippen LogP contribution in [0, 0.1) is 0 Å². The fourth-order valence-corrected chi connectivity index (χ4v) is 2.37. The third-order valence-corrected chi connectivity index (χ3v) is 3.67. The van der Waals surface area contributed by atoms with E-state index in [1.165, 1.54) is 0 Å². The van der Waals surface area contributed by atoms with Gasteiger partial charge in [-0.05, 0) is 35.9 Å². The molecule has 3 rings (SSSR count). The lowest BCUT2D eigenvalue weighted by Crippen LogP contribution is -2.09. The molecule has 1 heterocycles. The quantitative estimate of drug-likeness (QED) is 0.602. The summed E-state index contributed by atoms with van der Waals surface area (Å²) in [5, 5.41) is 3.84. The molecule has 0 aliphatic carbocycles. The number of hydrogen-bond donors (Lipinski definition) is 0. The smallest absolute Gasteiger partial charge is 0.338 e. The largest absolute Gasteiger partial charge is 0.497 e. The molecule has 0 aliphatic rings. The van der Waals surface area contributed by atoms with Gasteiger partial charge in [-0.15, -0.1) is 0 Å². The van der Waals surface area contributed by atoms with Gasteiger partial charge in [-0.1, -0.05) is 23.4 Å². The van der Waals surface area contributed by atoms with Crippen molar-refractivity contribution in [3.05, 3.63) is 65.5 Å². The molecule has 0 saturated carbocycles. The lowest BCUT2D eigenvalue weighted by atomic mass is 10.1. The van der Waals surface area contributed by atoms with Gasteiger partial charge in [-0.25, -0.2) is 4.79 Å². The average Bonchev–Trinajstić information content (AvgIpc) is 3.16. The van der Waals surface area contributed by atoms with Crippen LogP contribution in [0.3, 0.4) is 0 Å². The van der Waals surface area contributed by atoms with Crippen LogP contribution in [0.5, 0.6) is 5.75 Å². The molecular formula is C19H18N2O5. The highest BCUT2D eigenvalue weighted by molar-refractivity contribution is 5.91. The van der Waals surface area contributed by atoms with Crippen LogP contribution in [0.15, 0.2) is 53.1 Å². The number of rotatable bonds is 7. The van der Waals surface area contributed by atoms with Crippen molar-refractivity contribution in [3.63, 3.8) is 0 Å². The first-order valence-electron chi connectivity index (χ1n) is 7.92. The number of methoxy groups -OCH3 is 2. The van der Waals surface area contributed by atoms with Crippen LogP contribution in [0.4, 0.5) is 0 Å². The molecule has 0 unspecified atom stereocenters. The van der Waals surface area contributed by atoms with E-state index in [1.54, 1.807) is 38.5 Å². The lowest BCUT2D eigenvalue weighted by Gasteiger charge is -2.07. The van der Waals surface area contributed by atoms with Crippen LogP contribution in [0.2, 0.25) is 0 Å². The van der Waals surface area contributed by atoms with E-state index < -0.39 is 5.97 Å². The van der Waals surface area contributed by atoms with E-state index in [9.17, 15) is 4.79 Å². The lowest BCUT2D eigenvalue weighted by molar-refractivity contribution is 0.0455. The van der Waals surface area contributed by atoms with Crippen molar-refractivity contribution in [1.82, 2.24) is 10.1 Å². The van der Waals surface area contributed by atoms with Crippen molar-refractivity contribution < 1.29 is 23.5 Å². The summed E-state index contributed by atoms with van der Waals surface area (Å²) in [5.41, 5.74) is 1.96. The molecule has 2 aromatic carbocycles. The maximum atomic E-state index is 12.3. The Kier molecular flexibility index (Phi) is 5.60. The Morgan fingerprint density at radius 2 is 1.81 bits per heavy atom. The van der Waals surface area contributed by atoms with Crippen LogP contribution >= 0.6 is 0 Å². The summed E-state index contributed by atoms with van der Waals surface area (Å²) in [5.74, 6) is 0.900. The van der Waals surface area contributed by atoms with Gasteiger partial charge < -0.3 is 18.7 Å². The van der Waals surface area contributed by atoms with Gasteiger partial charge in [0.05, 0.1) is 19.3 Å². The number of aromatic nitrogens is 2. The molecule has 7 nitrogen and oxygen atoms in total. The maximum absolute atomic E-state index is 12.3.